The summed E-state index contributed by atoms with van der Waals surface area (Å²) in [5, 5.41) is 0. The summed E-state index contributed by atoms with van der Waals surface area (Å²) >= 11 is 0. The maximum atomic E-state index is 13.4. The van der Waals surface area contributed by atoms with E-state index in [2.05, 4.69) is 6.07 Å². The summed E-state index contributed by atoms with van der Waals surface area (Å²) in [6, 6.07) is 22.0. The highest BCUT2D eigenvalue weighted by Gasteiger charge is 2.50. The van der Waals surface area contributed by atoms with Crippen LogP contribution in [0.1, 0.15) is 62.0 Å². The fraction of sp³-hybridized carbons (Fsp3) is 0.355. The van der Waals surface area contributed by atoms with Crippen molar-refractivity contribution in [2.24, 2.45) is 0 Å². The number of ether oxygens (including phenoxy) is 2. The highest BCUT2D eigenvalue weighted by Crippen LogP contribution is 2.51. The number of nitrogens with zero attached hydrogens (tertiary/aromatic N) is 1. The van der Waals surface area contributed by atoms with E-state index in [4.69, 9.17) is 9.47 Å². The summed E-state index contributed by atoms with van der Waals surface area (Å²) in [4.78, 5) is 28.3. The number of hydrogen-bond donors (Lipinski definition) is 0. The van der Waals surface area contributed by atoms with Crippen LogP contribution in [0, 0.1) is 0 Å². The normalized spacial score (nSPS) is 15.3. The van der Waals surface area contributed by atoms with Crippen LogP contribution in [0.4, 0.5) is 0 Å². The first-order valence-electron chi connectivity index (χ1n) is 12.7. The number of rotatable bonds is 8. The SMILES string of the molecule is CC(C)N(C(=O)c1ccc(-c2cccc(CC(=O)C3(c4ccc5c(c4)OCO5)CC3)c2)cc1)C(C)C. The average molecular weight is 484 g/mol. The number of carbonyl (C=O) groups is 2. The van der Waals surface area contributed by atoms with Gasteiger partial charge in [0.1, 0.15) is 5.78 Å². The Kier molecular flexibility index (Phi) is 6.33. The quantitative estimate of drug-likeness (QED) is 0.384. The minimum Gasteiger partial charge on any atom is -0.454 e. The lowest BCUT2D eigenvalue weighted by atomic mass is 9.87. The van der Waals surface area contributed by atoms with Gasteiger partial charge in [0, 0.05) is 24.1 Å². The van der Waals surface area contributed by atoms with E-state index < -0.39 is 5.41 Å². The molecule has 0 unspecified atom stereocenters. The van der Waals surface area contributed by atoms with Crippen LogP contribution in [0.3, 0.4) is 0 Å². The van der Waals surface area contributed by atoms with E-state index in [0.717, 1.165) is 46.6 Å². The molecule has 186 valence electrons. The zero-order valence-corrected chi connectivity index (χ0v) is 21.4. The Morgan fingerprint density at radius 2 is 1.53 bits per heavy atom. The van der Waals surface area contributed by atoms with Crippen LogP contribution in [-0.2, 0) is 16.6 Å². The van der Waals surface area contributed by atoms with E-state index in [1.807, 2.05) is 93.3 Å². The van der Waals surface area contributed by atoms with E-state index in [1.165, 1.54) is 0 Å². The molecule has 1 saturated carbocycles. The number of Topliss-reactive ketones (excluding diaryl/α,β-unsaturated/α-hetero) is 1. The van der Waals surface area contributed by atoms with Crippen molar-refractivity contribution in [2.75, 3.05) is 6.79 Å². The first-order chi connectivity index (χ1) is 17.3. The van der Waals surface area contributed by atoms with Gasteiger partial charge in [0.25, 0.3) is 5.91 Å². The fourth-order valence-corrected chi connectivity index (χ4v) is 5.28. The molecule has 0 atom stereocenters. The largest absolute Gasteiger partial charge is 0.454 e. The fourth-order valence-electron chi connectivity index (χ4n) is 5.28. The van der Waals surface area contributed by atoms with Gasteiger partial charge in [0.05, 0.1) is 5.41 Å². The Morgan fingerprint density at radius 3 is 2.19 bits per heavy atom. The second-order valence-corrected chi connectivity index (χ2v) is 10.4. The molecule has 0 radical (unpaired) electrons. The Hall–Kier alpha value is -3.60. The van der Waals surface area contributed by atoms with Gasteiger partial charge < -0.3 is 14.4 Å². The van der Waals surface area contributed by atoms with Crippen LogP contribution in [0.2, 0.25) is 0 Å². The van der Waals surface area contributed by atoms with Gasteiger partial charge in [0.15, 0.2) is 11.5 Å². The van der Waals surface area contributed by atoms with Crippen molar-refractivity contribution in [3.63, 3.8) is 0 Å². The zero-order valence-electron chi connectivity index (χ0n) is 21.4. The predicted octanol–water partition coefficient (Wildman–Crippen LogP) is 6.18. The maximum Gasteiger partial charge on any atom is 0.254 e. The third kappa shape index (κ3) is 4.50. The van der Waals surface area contributed by atoms with Gasteiger partial charge in [-0.25, -0.2) is 0 Å². The third-order valence-corrected chi connectivity index (χ3v) is 7.31. The van der Waals surface area contributed by atoms with Crippen molar-refractivity contribution in [1.29, 1.82) is 0 Å². The Labute approximate surface area is 213 Å². The summed E-state index contributed by atoms with van der Waals surface area (Å²) in [7, 11) is 0. The summed E-state index contributed by atoms with van der Waals surface area (Å²) in [6.07, 6.45) is 2.12. The lowest BCUT2D eigenvalue weighted by Gasteiger charge is -2.30. The van der Waals surface area contributed by atoms with E-state index in [9.17, 15) is 9.59 Å². The van der Waals surface area contributed by atoms with Crippen molar-refractivity contribution in [1.82, 2.24) is 4.90 Å². The molecule has 5 heteroatoms. The van der Waals surface area contributed by atoms with Crippen LogP contribution in [-0.4, -0.2) is 35.5 Å². The molecule has 3 aromatic carbocycles. The van der Waals surface area contributed by atoms with Gasteiger partial charge in [-0.15, -0.1) is 0 Å². The first-order valence-corrected chi connectivity index (χ1v) is 12.7. The van der Waals surface area contributed by atoms with Crippen LogP contribution >= 0.6 is 0 Å². The first kappa shape index (κ1) is 24.1. The highest BCUT2D eigenvalue weighted by atomic mass is 16.7. The molecular formula is C31H33NO4. The molecule has 3 aromatic rings. The average Bonchev–Trinajstić information content (AvgIpc) is 3.54. The molecule has 0 aromatic heterocycles. The third-order valence-electron chi connectivity index (χ3n) is 7.31. The van der Waals surface area contributed by atoms with Crippen LogP contribution in [0.5, 0.6) is 11.5 Å². The number of benzene rings is 3. The minimum absolute atomic E-state index is 0.0455. The Morgan fingerprint density at radius 1 is 0.833 bits per heavy atom. The van der Waals surface area contributed by atoms with Crippen LogP contribution in [0.15, 0.2) is 66.7 Å². The number of hydrogen-bond acceptors (Lipinski definition) is 4. The van der Waals surface area contributed by atoms with E-state index in [0.29, 0.717) is 12.0 Å². The van der Waals surface area contributed by atoms with Gasteiger partial charge in [-0.2, -0.15) is 0 Å². The molecule has 2 aliphatic rings. The maximum absolute atomic E-state index is 13.4. The predicted molar refractivity (Wildman–Crippen MR) is 141 cm³/mol. The van der Waals surface area contributed by atoms with Crippen molar-refractivity contribution in [3.8, 4) is 22.6 Å². The van der Waals surface area contributed by atoms with Gasteiger partial charge >= 0.3 is 0 Å². The second kappa shape index (κ2) is 9.45. The smallest absolute Gasteiger partial charge is 0.254 e. The number of carbonyl (C=O) groups excluding carboxylic acids is 2. The molecule has 5 nitrogen and oxygen atoms in total. The standard InChI is InChI=1S/C31H33NO4/c1-20(2)32(21(3)4)30(34)24-10-8-23(9-11-24)25-7-5-6-22(16-25)17-29(33)31(14-15-31)26-12-13-27-28(18-26)36-19-35-27/h5-13,16,18,20-21H,14-15,17,19H2,1-4H3. The van der Waals surface area contributed by atoms with Crippen molar-refractivity contribution in [2.45, 2.75) is 64.5 Å². The molecule has 1 aliphatic carbocycles. The van der Waals surface area contributed by atoms with Crippen molar-refractivity contribution in [3.05, 3.63) is 83.4 Å². The molecule has 0 bridgehead atoms. The molecule has 1 amide bonds. The molecule has 0 saturated heterocycles. The van der Waals surface area contributed by atoms with Crippen LogP contribution in [0.25, 0.3) is 11.1 Å². The summed E-state index contributed by atoms with van der Waals surface area (Å²) in [5.41, 5.74) is 4.35. The molecule has 1 fully saturated rings. The van der Waals surface area contributed by atoms with E-state index >= 15 is 0 Å². The van der Waals surface area contributed by atoms with Gasteiger partial charge in [0.2, 0.25) is 6.79 Å². The minimum atomic E-state index is -0.419. The second-order valence-electron chi connectivity index (χ2n) is 10.4. The highest BCUT2D eigenvalue weighted by molar-refractivity contribution is 5.96. The molecule has 1 heterocycles. The zero-order chi connectivity index (χ0) is 25.4. The number of amides is 1. The van der Waals surface area contributed by atoms with Crippen molar-refractivity contribution >= 4 is 11.7 Å². The van der Waals surface area contributed by atoms with Gasteiger partial charge in [-0.05, 0) is 87.1 Å². The topological polar surface area (TPSA) is 55.8 Å². The molecule has 0 spiro atoms. The summed E-state index contributed by atoms with van der Waals surface area (Å²) < 4.78 is 10.9. The lowest BCUT2D eigenvalue weighted by molar-refractivity contribution is -0.120. The molecule has 5 rings (SSSR count). The van der Waals surface area contributed by atoms with E-state index in [-0.39, 0.29) is 30.6 Å². The lowest BCUT2D eigenvalue weighted by Crippen LogP contribution is -2.42. The van der Waals surface area contributed by atoms with Gasteiger partial charge in [-0.1, -0.05) is 42.5 Å². The van der Waals surface area contributed by atoms with E-state index in [1.54, 1.807) is 0 Å². The molecular weight excluding hydrogens is 450 g/mol. The van der Waals surface area contributed by atoms with Crippen LogP contribution < -0.4 is 9.47 Å². The Balaban J connectivity index is 1.31. The molecule has 0 N–H and O–H groups in total. The number of ketones is 1. The molecule has 36 heavy (non-hydrogen) atoms. The molecule has 1 aliphatic heterocycles. The summed E-state index contributed by atoms with van der Waals surface area (Å²) in [6.45, 7) is 8.39. The summed E-state index contributed by atoms with van der Waals surface area (Å²) in [5.74, 6) is 1.75. The number of fused-ring (bicyclic) bond motifs is 1. The monoisotopic (exact) mass is 483 g/mol. The Bertz CT molecular complexity index is 1280. The van der Waals surface area contributed by atoms with Crippen molar-refractivity contribution < 1.29 is 19.1 Å². The van der Waals surface area contributed by atoms with Gasteiger partial charge in [-0.3, -0.25) is 9.59 Å².